The second-order valence-corrected chi connectivity index (χ2v) is 18.8. The Bertz CT molecular complexity index is 3380. The number of fused-ring (bicyclic) bond motifs is 3. The molecule has 65 heavy (non-hydrogen) atoms. The van der Waals surface area contributed by atoms with Crippen molar-refractivity contribution in [3.63, 3.8) is 0 Å². The molecule has 0 spiro atoms. The second-order valence-electron chi connectivity index (χ2n) is 17.3. The zero-order valence-corrected chi connectivity index (χ0v) is 37.7. The fraction of sp³-hybridized carbons (Fsp3) is 0.109. The summed E-state index contributed by atoms with van der Waals surface area (Å²) >= 11 is 8.31. The maximum absolute atomic E-state index is 6.56. The minimum Gasteiger partial charge on any atom is -0.399 e. The predicted molar refractivity (Wildman–Crippen MR) is 267 cm³/mol. The number of thiophene rings is 1. The summed E-state index contributed by atoms with van der Waals surface area (Å²) in [5.74, 6) is 2.37. The van der Waals surface area contributed by atoms with Crippen LogP contribution in [0.25, 0.3) is 99.2 Å². The highest BCUT2D eigenvalue weighted by Crippen LogP contribution is 2.42. The van der Waals surface area contributed by atoms with Crippen molar-refractivity contribution in [3.8, 4) is 79.1 Å². The average Bonchev–Trinajstić information content (AvgIpc) is 3.83. The highest BCUT2D eigenvalue weighted by atomic mass is 35.5. The molecule has 10 aromatic rings. The van der Waals surface area contributed by atoms with Gasteiger partial charge in [0, 0.05) is 54.1 Å². The Morgan fingerprint density at radius 3 is 1.54 bits per heavy atom. The molecule has 1 aliphatic heterocycles. The summed E-state index contributed by atoms with van der Waals surface area (Å²) in [6.07, 6.45) is 0. The van der Waals surface area contributed by atoms with Crippen molar-refractivity contribution in [1.82, 2.24) is 24.9 Å². The normalized spacial score (nSPS) is 14.3. The summed E-state index contributed by atoms with van der Waals surface area (Å²) < 4.78 is 15.6. The summed E-state index contributed by atoms with van der Waals surface area (Å²) in [4.78, 5) is 24.5. The van der Waals surface area contributed by atoms with Gasteiger partial charge in [0.1, 0.15) is 5.15 Å². The molecule has 1 aliphatic rings. The Morgan fingerprint density at radius 2 is 0.923 bits per heavy atom. The molecule has 0 unspecified atom stereocenters. The molecule has 1 fully saturated rings. The Hall–Kier alpha value is -6.88. The molecule has 11 rings (SSSR count). The number of nitrogens with zero attached hydrogens (tertiary/aromatic N) is 5. The first-order chi connectivity index (χ1) is 31.5. The third-order valence-electron chi connectivity index (χ3n) is 12.5. The predicted octanol–water partition coefficient (Wildman–Crippen LogP) is 13.7. The van der Waals surface area contributed by atoms with Gasteiger partial charge in [-0.2, -0.15) is 0 Å². The van der Waals surface area contributed by atoms with Gasteiger partial charge in [0.15, 0.2) is 23.3 Å². The van der Waals surface area contributed by atoms with Gasteiger partial charge in [-0.15, -0.1) is 11.3 Å². The summed E-state index contributed by atoms with van der Waals surface area (Å²) in [5.41, 5.74) is 9.68. The first kappa shape index (κ1) is 40.9. The number of rotatable bonds is 8. The molecule has 0 bridgehead atoms. The van der Waals surface area contributed by atoms with Crippen LogP contribution in [0.3, 0.4) is 0 Å². The molecule has 0 N–H and O–H groups in total. The Morgan fingerprint density at radius 1 is 0.431 bits per heavy atom. The number of aromatic nitrogens is 5. The first-order valence-corrected chi connectivity index (χ1v) is 22.8. The largest absolute Gasteiger partial charge is 0.494 e. The minimum absolute atomic E-state index is 0.392. The molecule has 10 heteroatoms. The van der Waals surface area contributed by atoms with E-state index in [-0.39, 0.29) is 0 Å². The van der Waals surface area contributed by atoms with E-state index in [0.29, 0.717) is 28.5 Å². The van der Waals surface area contributed by atoms with Gasteiger partial charge < -0.3 is 9.31 Å². The summed E-state index contributed by atoms with van der Waals surface area (Å²) in [6, 6.07) is 60.0. The molecule has 314 valence electrons. The van der Waals surface area contributed by atoms with E-state index in [2.05, 4.69) is 130 Å². The average molecular weight is 882 g/mol. The van der Waals surface area contributed by atoms with Gasteiger partial charge >= 0.3 is 7.12 Å². The van der Waals surface area contributed by atoms with E-state index in [9.17, 15) is 0 Å². The lowest BCUT2D eigenvalue weighted by Crippen LogP contribution is -2.41. The second kappa shape index (κ2) is 16.3. The molecule has 0 atom stereocenters. The topological polar surface area (TPSA) is 82.9 Å². The van der Waals surface area contributed by atoms with Crippen molar-refractivity contribution in [1.29, 1.82) is 0 Å². The molecule has 7 nitrogen and oxygen atoms in total. The van der Waals surface area contributed by atoms with Crippen molar-refractivity contribution < 1.29 is 9.31 Å². The van der Waals surface area contributed by atoms with Gasteiger partial charge in [-0.3, -0.25) is 0 Å². The smallest absolute Gasteiger partial charge is 0.399 e. The quantitative estimate of drug-likeness (QED) is 0.111. The van der Waals surface area contributed by atoms with E-state index in [1.54, 1.807) is 17.4 Å². The number of halogens is 1. The Labute approximate surface area is 387 Å². The van der Waals surface area contributed by atoms with Gasteiger partial charge in [0.2, 0.25) is 0 Å². The van der Waals surface area contributed by atoms with E-state index < -0.39 is 18.3 Å². The van der Waals surface area contributed by atoms with Crippen molar-refractivity contribution in [2.45, 2.75) is 38.9 Å². The van der Waals surface area contributed by atoms with Gasteiger partial charge in [0.05, 0.1) is 16.9 Å². The number of benzene rings is 7. The van der Waals surface area contributed by atoms with Gasteiger partial charge in [0.25, 0.3) is 0 Å². The van der Waals surface area contributed by atoms with Crippen molar-refractivity contribution in [2.75, 3.05) is 0 Å². The molecule has 4 heterocycles. The maximum atomic E-state index is 6.56. The van der Waals surface area contributed by atoms with Crippen LogP contribution in [-0.2, 0) is 9.31 Å². The molecular formula is C55H41BClN5O2S. The van der Waals surface area contributed by atoms with E-state index in [4.69, 9.17) is 40.8 Å². The first-order valence-electron chi connectivity index (χ1n) is 21.6. The van der Waals surface area contributed by atoms with Crippen LogP contribution in [0, 0.1) is 0 Å². The van der Waals surface area contributed by atoms with E-state index in [1.165, 1.54) is 20.2 Å². The Balaban J connectivity index is 0.940. The van der Waals surface area contributed by atoms with Crippen LogP contribution < -0.4 is 5.46 Å². The molecule has 7 aromatic carbocycles. The SMILES string of the molecule is CC1(C)OB(c2cc(-c3ccc(-c4nc(-c5ccccc5)nc(-c5ccc(-c6cccc(-c7cc(Cl)nc(-c8ccccc8)n7)c6)cc5)n4)cc3)c3c(c2)sc2ccccc23)OC1(C)C. The highest BCUT2D eigenvalue weighted by Gasteiger charge is 2.52. The molecule has 0 radical (unpaired) electrons. The van der Waals surface area contributed by atoms with Crippen LogP contribution in [0.5, 0.6) is 0 Å². The lowest BCUT2D eigenvalue weighted by atomic mass is 9.77. The molecular weight excluding hydrogens is 841 g/mol. The monoisotopic (exact) mass is 881 g/mol. The molecule has 3 aromatic heterocycles. The van der Waals surface area contributed by atoms with Gasteiger partial charge in [-0.05, 0) is 73.6 Å². The Kier molecular flexibility index (Phi) is 10.2. The molecule has 0 aliphatic carbocycles. The summed E-state index contributed by atoms with van der Waals surface area (Å²) in [7, 11) is -0.482. The van der Waals surface area contributed by atoms with E-state index >= 15 is 0 Å². The van der Waals surface area contributed by atoms with Crippen LogP contribution in [0.1, 0.15) is 27.7 Å². The highest BCUT2D eigenvalue weighted by molar-refractivity contribution is 7.26. The molecule has 0 saturated carbocycles. The molecule has 0 amide bonds. The zero-order valence-electron chi connectivity index (χ0n) is 36.2. The van der Waals surface area contributed by atoms with Crippen LogP contribution in [0.4, 0.5) is 0 Å². The number of hydrogen-bond donors (Lipinski definition) is 0. The van der Waals surface area contributed by atoms with Crippen LogP contribution in [0.2, 0.25) is 5.15 Å². The fourth-order valence-corrected chi connectivity index (χ4v) is 9.68. The van der Waals surface area contributed by atoms with E-state index in [1.807, 2.05) is 72.8 Å². The van der Waals surface area contributed by atoms with Crippen LogP contribution >= 0.6 is 22.9 Å². The zero-order chi connectivity index (χ0) is 44.3. The third-order valence-corrected chi connectivity index (χ3v) is 13.8. The van der Waals surface area contributed by atoms with Crippen molar-refractivity contribution >= 4 is 55.7 Å². The van der Waals surface area contributed by atoms with Gasteiger partial charge in [-0.1, -0.05) is 163 Å². The standard InChI is InChI=1S/C55H41BClN5O2S/c1-54(2)55(3,4)64-56(63-54)42-31-44(49-43-20-11-12-21-46(43)65-47(49)32-42)35-24-28-39(29-25-35)53-61-51(37-16-9-6-10-17-37)60-52(62-53)38-26-22-34(23-27-38)40-18-13-19-41(30-40)45-33-48(57)59-50(58-45)36-14-7-5-8-15-36/h5-33H,1-4H3. The summed E-state index contributed by atoms with van der Waals surface area (Å²) in [6.45, 7) is 8.37. The molecule has 1 saturated heterocycles. The van der Waals surface area contributed by atoms with Crippen LogP contribution in [-0.4, -0.2) is 43.2 Å². The van der Waals surface area contributed by atoms with Crippen molar-refractivity contribution in [2.24, 2.45) is 0 Å². The van der Waals surface area contributed by atoms with E-state index in [0.717, 1.165) is 61.2 Å². The number of hydrogen-bond acceptors (Lipinski definition) is 8. The minimum atomic E-state index is -0.482. The van der Waals surface area contributed by atoms with Crippen LogP contribution in [0.15, 0.2) is 176 Å². The van der Waals surface area contributed by atoms with Crippen molar-refractivity contribution in [3.05, 3.63) is 181 Å². The van der Waals surface area contributed by atoms with Gasteiger partial charge in [-0.25, -0.2) is 24.9 Å². The maximum Gasteiger partial charge on any atom is 0.494 e. The fourth-order valence-electron chi connectivity index (χ4n) is 8.32. The lowest BCUT2D eigenvalue weighted by Gasteiger charge is -2.32. The lowest BCUT2D eigenvalue weighted by molar-refractivity contribution is 0.00578. The third kappa shape index (κ3) is 7.81. The summed E-state index contributed by atoms with van der Waals surface area (Å²) in [5, 5.41) is 2.84.